The van der Waals surface area contributed by atoms with Crippen molar-refractivity contribution in [2.75, 3.05) is 25.1 Å². The predicted octanol–water partition coefficient (Wildman–Crippen LogP) is 4.70. The van der Waals surface area contributed by atoms with Crippen LogP contribution in [0.2, 0.25) is 0 Å². The second-order valence-corrected chi connectivity index (χ2v) is 7.15. The summed E-state index contributed by atoms with van der Waals surface area (Å²) in [6.45, 7) is 3.61. The normalized spacial score (nSPS) is 15.8. The number of likely N-dealkylation sites (tertiary alicyclic amines) is 1. The van der Waals surface area contributed by atoms with Crippen LogP contribution in [0.1, 0.15) is 26.7 Å². The minimum atomic E-state index is -2.83. The van der Waals surface area contributed by atoms with E-state index in [0.29, 0.717) is 6.04 Å². The number of halogens is 2. The largest absolute Gasteiger partial charge is 0.494 e. The van der Waals surface area contributed by atoms with E-state index in [1.54, 1.807) is 43.8 Å². The molecule has 0 saturated carbocycles. The van der Waals surface area contributed by atoms with Crippen molar-refractivity contribution in [3.63, 3.8) is 0 Å². The van der Waals surface area contributed by atoms with E-state index in [-0.39, 0.29) is 11.8 Å². The number of hydrogen-bond donors (Lipinski definition) is 0. The summed E-state index contributed by atoms with van der Waals surface area (Å²) in [5, 5.41) is 0. The van der Waals surface area contributed by atoms with Gasteiger partial charge in [0.1, 0.15) is 17.2 Å². The molecule has 3 rings (SSSR count). The first-order chi connectivity index (χ1) is 13.5. The molecule has 28 heavy (non-hydrogen) atoms. The van der Waals surface area contributed by atoms with Crippen molar-refractivity contribution in [3.8, 4) is 11.5 Å². The molecule has 152 valence electrons. The lowest BCUT2D eigenvalue weighted by molar-refractivity contribution is -0.0498. The van der Waals surface area contributed by atoms with Gasteiger partial charge in [-0.15, -0.1) is 0 Å². The number of nitrogens with zero attached hydrogens (tertiary/aromatic N) is 3. The number of benzene rings is 1. The second-order valence-electron chi connectivity index (χ2n) is 7.15. The number of ether oxygens (including phenoxy) is 2. The molecule has 1 aromatic heterocycles. The molecule has 1 aliphatic rings. The van der Waals surface area contributed by atoms with Crippen LogP contribution in [0.15, 0.2) is 42.7 Å². The number of piperidine rings is 1. The van der Waals surface area contributed by atoms with Crippen molar-refractivity contribution >= 4 is 11.4 Å². The molecule has 0 N–H and O–H groups in total. The Morgan fingerprint density at radius 2 is 1.79 bits per heavy atom. The van der Waals surface area contributed by atoms with Gasteiger partial charge in [0.15, 0.2) is 0 Å². The molecule has 0 radical (unpaired) electrons. The molecule has 1 aromatic carbocycles. The fourth-order valence-corrected chi connectivity index (χ4v) is 3.72. The van der Waals surface area contributed by atoms with E-state index in [0.717, 1.165) is 43.1 Å². The van der Waals surface area contributed by atoms with Crippen molar-refractivity contribution in [3.05, 3.63) is 42.7 Å². The lowest BCUT2D eigenvalue weighted by atomic mass is 10.00. The quantitative estimate of drug-likeness (QED) is 0.684. The summed E-state index contributed by atoms with van der Waals surface area (Å²) >= 11 is 0. The van der Waals surface area contributed by atoms with Crippen LogP contribution in [0.3, 0.4) is 0 Å². The van der Waals surface area contributed by atoms with Gasteiger partial charge in [-0.1, -0.05) is 0 Å². The van der Waals surface area contributed by atoms with E-state index in [1.807, 2.05) is 6.07 Å². The Labute approximate surface area is 164 Å². The van der Waals surface area contributed by atoms with Crippen LogP contribution in [0.5, 0.6) is 11.5 Å². The Morgan fingerprint density at radius 1 is 1.11 bits per heavy atom. The summed E-state index contributed by atoms with van der Waals surface area (Å²) in [5.74, 6) is 0.876. The van der Waals surface area contributed by atoms with Crippen molar-refractivity contribution in [2.45, 2.75) is 45.4 Å². The number of rotatable bonds is 7. The molecule has 5 nitrogen and oxygen atoms in total. The zero-order valence-corrected chi connectivity index (χ0v) is 16.5. The summed E-state index contributed by atoms with van der Waals surface area (Å²) < 4.78 is 35.0. The molecule has 2 heterocycles. The molecule has 0 atom stereocenters. The Morgan fingerprint density at radius 3 is 2.36 bits per heavy atom. The highest BCUT2D eigenvalue weighted by Gasteiger charge is 2.28. The molecule has 7 heteroatoms. The number of methoxy groups -OCH3 is 1. The highest BCUT2D eigenvalue weighted by Crippen LogP contribution is 2.38. The van der Waals surface area contributed by atoms with Crippen molar-refractivity contribution in [2.24, 2.45) is 0 Å². The number of hydrogen-bond acceptors (Lipinski definition) is 5. The zero-order valence-electron chi connectivity index (χ0n) is 16.5. The number of alkyl halides is 2. The maximum atomic E-state index is 12.5. The smallest absolute Gasteiger partial charge is 0.387 e. The molecule has 0 unspecified atom stereocenters. The minimum absolute atomic E-state index is 0.145. The number of anilines is 2. The van der Waals surface area contributed by atoms with Gasteiger partial charge in [-0.25, -0.2) is 0 Å². The fourth-order valence-electron chi connectivity index (χ4n) is 3.72. The van der Waals surface area contributed by atoms with Gasteiger partial charge in [-0.2, -0.15) is 8.78 Å². The number of aromatic nitrogens is 1. The molecular weight excluding hydrogens is 364 g/mol. The summed E-state index contributed by atoms with van der Waals surface area (Å²) in [4.78, 5) is 8.95. The van der Waals surface area contributed by atoms with E-state index < -0.39 is 6.61 Å². The Kier molecular flexibility index (Phi) is 6.67. The third-order valence-electron chi connectivity index (χ3n) is 5.18. The van der Waals surface area contributed by atoms with Gasteiger partial charge in [0.05, 0.1) is 13.3 Å². The van der Waals surface area contributed by atoms with E-state index in [1.165, 1.54) is 0 Å². The lowest BCUT2D eigenvalue weighted by Crippen LogP contribution is -2.45. The first-order valence-electron chi connectivity index (χ1n) is 9.55. The lowest BCUT2D eigenvalue weighted by Gasteiger charge is -2.41. The highest BCUT2D eigenvalue weighted by atomic mass is 19.3. The molecule has 1 aliphatic heterocycles. The standard InChI is InChI=1S/C21H27F2N3O2/c1-15(2)25-12-9-17(10-13-25)26(19-14-24-11-8-20(19)27-3)16-4-6-18(7-5-16)28-21(22)23/h4-8,11,14-15,17,21H,9-10,12-13H2,1-3H3. The Balaban J connectivity index is 1.91. The number of pyridine rings is 1. The average molecular weight is 391 g/mol. The fraction of sp³-hybridized carbons (Fsp3) is 0.476. The van der Waals surface area contributed by atoms with Gasteiger partial charge in [-0.3, -0.25) is 4.98 Å². The zero-order chi connectivity index (χ0) is 20.1. The highest BCUT2D eigenvalue weighted by molar-refractivity contribution is 5.69. The molecule has 1 fully saturated rings. The van der Waals surface area contributed by atoms with Crippen LogP contribution in [0.4, 0.5) is 20.2 Å². The van der Waals surface area contributed by atoms with Crippen molar-refractivity contribution in [1.29, 1.82) is 0 Å². The summed E-state index contributed by atoms with van der Waals surface area (Å²) in [6.07, 6.45) is 5.47. The van der Waals surface area contributed by atoms with E-state index in [2.05, 4.69) is 33.4 Å². The third kappa shape index (κ3) is 4.70. The van der Waals surface area contributed by atoms with Crippen LogP contribution < -0.4 is 14.4 Å². The van der Waals surface area contributed by atoms with Crippen molar-refractivity contribution in [1.82, 2.24) is 9.88 Å². The summed E-state index contributed by atoms with van der Waals surface area (Å²) in [7, 11) is 1.64. The Bertz CT molecular complexity index is 748. The maximum Gasteiger partial charge on any atom is 0.387 e. The molecule has 2 aromatic rings. The molecule has 0 bridgehead atoms. The molecule has 0 spiro atoms. The van der Waals surface area contributed by atoms with E-state index in [9.17, 15) is 8.78 Å². The van der Waals surface area contributed by atoms with Gasteiger partial charge in [0.25, 0.3) is 0 Å². The SMILES string of the molecule is COc1ccncc1N(c1ccc(OC(F)F)cc1)C1CCN(C(C)C)CC1. The first kappa shape index (κ1) is 20.3. The van der Waals surface area contributed by atoms with E-state index in [4.69, 9.17) is 4.74 Å². The van der Waals surface area contributed by atoms with Gasteiger partial charge < -0.3 is 19.3 Å². The molecule has 1 saturated heterocycles. The van der Waals surface area contributed by atoms with Crippen molar-refractivity contribution < 1.29 is 18.3 Å². The van der Waals surface area contributed by atoms with Crippen LogP contribution in [-0.2, 0) is 0 Å². The summed E-state index contributed by atoms with van der Waals surface area (Å²) in [6, 6.07) is 9.36. The van der Waals surface area contributed by atoms with Gasteiger partial charge in [0, 0.05) is 43.1 Å². The van der Waals surface area contributed by atoms with Crippen LogP contribution in [0, 0.1) is 0 Å². The molecule has 0 amide bonds. The first-order valence-corrected chi connectivity index (χ1v) is 9.55. The Hall–Kier alpha value is -2.41. The van der Waals surface area contributed by atoms with Gasteiger partial charge >= 0.3 is 6.61 Å². The van der Waals surface area contributed by atoms with Gasteiger partial charge in [0.2, 0.25) is 0 Å². The topological polar surface area (TPSA) is 37.8 Å². The molecular formula is C21H27F2N3O2. The predicted molar refractivity (Wildman–Crippen MR) is 106 cm³/mol. The van der Waals surface area contributed by atoms with Crippen LogP contribution in [-0.4, -0.2) is 48.8 Å². The van der Waals surface area contributed by atoms with Crippen LogP contribution >= 0.6 is 0 Å². The van der Waals surface area contributed by atoms with E-state index >= 15 is 0 Å². The monoisotopic (exact) mass is 391 g/mol. The average Bonchev–Trinajstić information content (AvgIpc) is 2.70. The molecule has 0 aliphatic carbocycles. The van der Waals surface area contributed by atoms with Crippen LogP contribution in [0.25, 0.3) is 0 Å². The van der Waals surface area contributed by atoms with Gasteiger partial charge in [-0.05, 0) is 51.0 Å². The maximum absolute atomic E-state index is 12.5. The second kappa shape index (κ2) is 9.19. The minimum Gasteiger partial charge on any atom is -0.494 e. The summed E-state index contributed by atoms with van der Waals surface area (Å²) in [5.41, 5.74) is 1.77. The third-order valence-corrected chi connectivity index (χ3v) is 5.18.